The van der Waals surface area contributed by atoms with E-state index in [0.29, 0.717) is 0 Å². The molecule has 0 aliphatic heterocycles. The average molecular weight is 181 g/mol. The molecular weight excluding hydrogens is 175 g/mol. The Morgan fingerprint density at radius 2 is 2.25 bits per heavy atom. The van der Waals surface area contributed by atoms with Gasteiger partial charge in [-0.2, -0.15) is 18.6 Å². The summed E-state index contributed by atoms with van der Waals surface area (Å²) in [7, 11) is 0. The van der Waals surface area contributed by atoms with Crippen LogP contribution in [0.15, 0.2) is 24.5 Å². The fraction of sp³-hybridized carbons (Fsp3) is 0. The van der Waals surface area contributed by atoms with Crippen molar-refractivity contribution in [1.29, 1.82) is 0 Å². The quantitative estimate of drug-likeness (QED) is 0.549. The van der Waals surface area contributed by atoms with Gasteiger partial charge in [0.05, 0.1) is 0 Å². The van der Waals surface area contributed by atoms with E-state index in [1.54, 1.807) is 12.4 Å². The first-order valence-electron chi connectivity index (χ1n) is 2.11. The van der Waals surface area contributed by atoms with Crippen molar-refractivity contribution >= 4 is 0 Å². The Balaban J connectivity index is 0.000000490. The second-order valence-electron chi connectivity index (χ2n) is 1.36. The Labute approximate surface area is 74.4 Å². The minimum absolute atomic E-state index is 0. The minimum atomic E-state index is 0. The van der Waals surface area contributed by atoms with Crippen LogP contribution in [-0.4, -0.2) is 4.98 Å². The van der Waals surface area contributed by atoms with Crippen molar-refractivity contribution in [3.8, 4) is 0 Å². The van der Waals surface area contributed by atoms with Gasteiger partial charge in [-0.15, -0.1) is 6.07 Å². The molecule has 0 amide bonds. The van der Waals surface area contributed by atoms with Gasteiger partial charge in [0.2, 0.25) is 0 Å². The first-order chi connectivity index (χ1) is 3.39. The number of rotatable bonds is 0. The molecule has 0 aliphatic carbocycles. The van der Waals surface area contributed by atoms with Crippen molar-refractivity contribution in [1.82, 2.24) is 4.98 Å². The molecule has 0 aromatic carbocycles. The largest absolute Gasteiger partial charge is 3.00 e. The monoisotopic (exact) mass is 181 g/mol. The van der Waals surface area contributed by atoms with Crippen molar-refractivity contribution in [3.63, 3.8) is 0 Å². The van der Waals surface area contributed by atoms with Gasteiger partial charge in [0.25, 0.3) is 0 Å². The zero-order valence-corrected chi connectivity index (χ0v) is 7.38. The molecule has 0 N–H and O–H groups in total. The zero-order chi connectivity index (χ0) is 5.11. The smallest absolute Gasteiger partial charge is 0.329 e. The van der Waals surface area contributed by atoms with Crippen LogP contribution in [0, 0.1) is 6.92 Å². The van der Waals surface area contributed by atoms with Crippen molar-refractivity contribution in [2.75, 3.05) is 0 Å². The van der Waals surface area contributed by atoms with E-state index >= 15 is 0 Å². The summed E-state index contributed by atoms with van der Waals surface area (Å²) in [5, 5.41) is 0. The Morgan fingerprint density at radius 1 is 1.50 bits per heavy atom. The van der Waals surface area contributed by atoms with Gasteiger partial charge in [-0.3, -0.25) is 0 Å². The van der Waals surface area contributed by atoms with E-state index in [-0.39, 0.29) is 32.7 Å². The molecule has 1 rings (SSSR count). The molecule has 36 valence electrons. The molecule has 1 nitrogen and oxygen atoms in total. The number of hydrogen-bond acceptors (Lipinski definition) is 1. The van der Waals surface area contributed by atoms with Crippen molar-refractivity contribution in [2.45, 2.75) is 0 Å². The topological polar surface area (TPSA) is 12.9 Å². The maximum atomic E-state index is 3.82. The molecule has 1 aromatic rings. The SMILES string of the molecule is [CH2-]c1cccnc1.[Y+3]. The first-order valence-corrected chi connectivity index (χ1v) is 2.11. The van der Waals surface area contributed by atoms with Crippen molar-refractivity contribution in [2.24, 2.45) is 0 Å². The summed E-state index contributed by atoms with van der Waals surface area (Å²) in [6.45, 7) is 3.66. The van der Waals surface area contributed by atoms with Gasteiger partial charge in [0.1, 0.15) is 0 Å². The van der Waals surface area contributed by atoms with Crippen LogP contribution in [0.5, 0.6) is 0 Å². The molecule has 1 aromatic heterocycles. The van der Waals surface area contributed by atoms with E-state index in [0.717, 1.165) is 5.56 Å². The van der Waals surface area contributed by atoms with E-state index in [2.05, 4.69) is 11.9 Å². The number of aromatic nitrogens is 1. The summed E-state index contributed by atoms with van der Waals surface area (Å²) in [5.41, 5.74) is 0.961. The van der Waals surface area contributed by atoms with E-state index in [9.17, 15) is 0 Å². The molecule has 2 heteroatoms. The summed E-state index contributed by atoms with van der Waals surface area (Å²) in [6.07, 6.45) is 3.45. The molecule has 0 aliphatic rings. The van der Waals surface area contributed by atoms with E-state index in [1.165, 1.54) is 0 Å². The van der Waals surface area contributed by atoms with Crippen LogP contribution in [-0.2, 0) is 32.7 Å². The van der Waals surface area contributed by atoms with Gasteiger partial charge in [-0.05, 0) is 6.20 Å². The summed E-state index contributed by atoms with van der Waals surface area (Å²) < 4.78 is 0. The minimum Gasteiger partial charge on any atom is -0.329 e. The predicted octanol–water partition coefficient (Wildman–Crippen LogP) is 1.26. The number of nitrogens with zero attached hydrogens (tertiary/aromatic N) is 1. The van der Waals surface area contributed by atoms with Crippen LogP contribution in [0.4, 0.5) is 0 Å². The van der Waals surface area contributed by atoms with Crippen molar-refractivity contribution < 1.29 is 32.7 Å². The normalized spacial score (nSPS) is 7.50. The average Bonchev–Trinajstić information content (AvgIpc) is 1.69. The maximum absolute atomic E-state index is 3.82. The van der Waals surface area contributed by atoms with Crippen LogP contribution < -0.4 is 0 Å². The molecule has 0 saturated carbocycles. The summed E-state index contributed by atoms with van der Waals surface area (Å²) in [5.74, 6) is 0. The molecule has 1 heterocycles. The van der Waals surface area contributed by atoms with Crippen molar-refractivity contribution in [3.05, 3.63) is 37.0 Å². The summed E-state index contributed by atoms with van der Waals surface area (Å²) in [6, 6.07) is 3.77. The van der Waals surface area contributed by atoms with Crippen LogP contribution in [0.2, 0.25) is 0 Å². The molecule has 0 saturated heterocycles. The van der Waals surface area contributed by atoms with Crippen LogP contribution >= 0.6 is 0 Å². The Hall–Kier alpha value is 0.124. The molecule has 0 bridgehead atoms. The molecule has 0 atom stereocenters. The third-order valence-electron chi connectivity index (χ3n) is 0.723. The second-order valence-corrected chi connectivity index (χ2v) is 1.36. The summed E-state index contributed by atoms with van der Waals surface area (Å²) in [4.78, 5) is 3.82. The maximum Gasteiger partial charge on any atom is 3.00 e. The zero-order valence-electron chi connectivity index (χ0n) is 4.54. The Morgan fingerprint density at radius 3 is 2.50 bits per heavy atom. The molecule has 0 radical (unpaired) electrons. The molecule has 8 heavy (non-hydrogen) atoms. The molecule has 0 unspecified atom stereocenters. The van der Waals surface area contributed by atoms with Crippen LogP contribution in [0.3, 0.4) is 0 Å². The number of hydrogen-bond donors (Lipinski definition) is 0. The van der Waals surface area contributed by atoms with Gasteiger partial charge in [0, 0.05) is 0 Å². The summed E-state index contributed by atoms with van der Waals surface area (Å²) >= 11 is 0. The number of pyridine rings is 1. The van der Waals surface area contributed by atoms with Gasteiger partial charge in [-0.1, -0.05) is 6.20 Å². The van der Waals surface area contributed by atoms with Crippen LogP contribution in [0.1, 0.15) is 5.56 Å². The van der Waals surface area contributed by atoms with Crippen LogP contribution in [0.25, 0.3) is 0 Å². The first kappa shape index (κ1) is 8.12. The fourth-order valence-electron chi connectivity index (χ4n) is 0.398. The standard InChI is InChI=1S/C6H6N.Y/c1-6-3-2-4-7-5-6;/h2-5H,1H2;/q-1;+3. The Kier molecular flexibility index (Phi) is 4.11. The van der Waals surface area contributed by atoms with Gasteiger partial charge in [0.15, 0.2) is 0 Å². The van der Waals surface area contributed by atoms with E-state index < -0.39 is 0 Å². The van der Waals surface area contributed by atoms with E-state index in [1.807, 2.05) is 12.1 Å². The van der Waals surface area contributed by atoms with Gasteiger partial charge in [-0.25, -0.2) is 0 Å². The molecule has 0 spiro atoms. The predicted molar refractivity (Wildman–Crippen MR) is 28.7 cm³/mol. The third kappa shape index (κ3) is 2.44. The fourth-order valence-corrected chi connectivity index (χ4v) is 0.398. The molecule has 0 fully saturated rings. The van der Waals surface area contributed by atoms with Gasteiger partial charge < -0.3 is 4.98 Å². The second kappa shape index (κ2) is 4.05. The third-order valence-corrected chi connectivity index (χ3v) is 0.723. The van der Waals surface area contributed by atoms with E-state index in [4.69, 9.17) is 0 Å². The van der Waals surface area contributed by atoms with Gasteiger partial charge >= 0.3 is 32.7 Å². The Bertz CT molecular complexity index is 138. The molecular formula is C6H6NY+2.